The van der Waals surface area contributed by atoms with Crippen molar-refractivity contribution in [2.75, 3.05) is 24.6 Å². The third-order valence-electron chi connectivity index (χ3n) is 5.38. The van der Waals surface area contributed by atoms with E-state index in [-0.39, 0.29) is 0 Å². The first kappa shape index (κ1) is 25.1. The molecule has 1 saturated heterocycles. The third-order valence-corrected chi connectivity index (χ3v) is 5.94. The molecular weight excluding hydrogens is 482 g/mol. The van der Waals surface area contributed by atoms with E-state index in [1.807, 2.05) is 4.90 Å². The number of hydrogen-bond acceptors (Lipinski definition) is 5. The topological polar surface area (TPSA) is 71.5 Å². The van der Waals surface area contributed by atoms with Crippen LogP contribution in [0.3, 0.4) is 0 Å². The lowest BCUT2D eigenvalue weighted by atomic mass is 9.97. The van der Waals surface area contributed by atoms with E-state index in [2.05, 4.69) is 10.3 Å². The predicted octanol–water partition coefficient (Wildman–Crippen LogP) is 5.04. The first-order valence-corrected chi connectivity index (χ1v) is 11.0. The van der Waals surface area contributed by atoms with Gasteiger partial charge in [-0.3, -0.25) is 9.59 Å². The highest BCUT2D eigenvalue weighted by Gasteiger charge is 2.32. The summed E-state index contributed by atoms with van der Waals surface area (Å²) in [5, 5.41) is 3.62. The maximum Gasteiger partial charge on any atom is 0.417 e. The maximum atomic E-state index is 12.7. The number of benzene rings is 1. The van der Waals surface area contributed by atoms with Crippen molar-refractivity contribution in [2.24, 2.45) is 5.92 Å². The maximum absolute atomic E-state index is 12.7. The molecule has 1 aromatic carbocycles. The molecule has 0 bridgehead atoms. The Morgan fingerprint density at radius 1 is 1.21 bits per heavy atom. The molecule has 3 rings (SSSR count). The number of alkyl halides is 3. The molecule has 0 saturated carbocycles. The smallest absolute Gasteiger partial charge is 0.417 e. The SMILES string of the molecule is C[C@H](NC(=O)COC(=O)C1CCN(c2ccc(C(F)(F)F)cn2)CC1)c1ccc(Cl)cc1Cl. The lowest BCUT2D eigenvalue weighted by molar-refractivity contribution is -0.153. The van der Waals surface area contributed by atoms with Gasteiger partial charge >= 0.3 is 12.1 Å². The number of esters is 1. The van der Waals surface area contributed by atoms with Crippen LogP contribution in [0.1, 0.15) is 36.9 Å². The molecule has 0 radical (unpaired) electrons. The van der Waals surface area contributed by atoms with Crippen LogP contribution in [0, 0.1) is 5.92 Å². The van der Waals surface area contributed by atoms with E-state index in [9.17, 15) is 22.8 Å². The first-order chi connectivity index (χ1) is 15.5. The van der Waals surface area contributed by atoms with E-state index in [0.717, 1.165) is 12.3 Å². The molecule has 2 heterocycles. The Morgan fingerprint density at radius 3 is 2.48 bits per heavy atom. The van der Waals surface area contributed by atoms with Gasteiger partial charge in [0, 0.05) is 29.3 Å². The number of piperidine rings is 1. The summed E-state index contributed by atoms with van der Waals surface area (Å²) < 4.78 is 43.2. The van der Waals surface area contributed by atoms with Gasteiger partial charge in [0.2, 0.25) is 0 Å². The number of nitrogens with one attached hydrogen (secondary N) is 1. The fourth-order valence-electron chi connectivity index (χ4n) is 3.55. The normalized spacial score (nSPS) is 15.8. The Balaban J connectivity index is 1.44. The van der Waals surface area contributed by atoms with Crippen molar-refractivity contribution in [3.8, 4) is 0 Å². The molecule has 1 atom stereocenters. The van der Waals surface area contributed by atoms with Gasteiger partial charge in [-0.1, -0.05) is 29.3 Å². The predicted molar refractivity (Wildman–Crippen MR) is 118 cm³/mol. The highest BCUT2D eigenvalue weighted by Crippen LogP contribution is 2.30. The molecular formula is C22H22Cl2F3N3O3. The zero-order chi connectivity index (χ0) is 24.2. The van der Waals surface area contributed by atoms with Crippen LogP contribution < -0.4 is 10.2 Å². The highest BCUT2D eigenvalue weighted by atomic mass is 35.5. The zero-order valence-electron chi connectivity index (χ0n) is 17.7. The number of nitrogens with zero attached hydrogens (tertiary/aromatic N) is 2. The van der Waals surface area contributed by atoms with Gasteiger partial charge in [-0.05, 0) is 49.6 Å². The van der Waals surface area contributed by atoms with Crippen LogP contribution in [0.25, 0.3) is 0 Å². The number of aromatic nitrogens is 1. The van der Waals surface area contributed by atoms with Gasteiger partial charge in [0.1, 0.15) is 5.82 Å². The van der Waals surface area contributed by atoms with Crippen molar-refractivity contribution < 1.29 is 27.5 Å². The molecule has 1 fully saturated rings. The summed E-state index contributed by atoms with van der Waals surface area (Å²) in [6.45, 7) is 2.21. The monoisotopic (exact) mass is 503 g/mol. The van der Waals surface area contributed by atoms with Crippen LogP contribution in [-0.2, 0) is 20.5 Å². The highest BCUT2D eigenvalue weighted by molar-refractivity contribution is 6.35. The molecule has 1 aliphatic heterocycles. The Morgan fingerprint density at radius 2 is 1.91 bits per heavy atom. The van der Waals surface area contributed by atoms with Crippen molar-refractivity contribution in [2.45, 2.75) is 32.0 Å². The van der Waals surface area contributed by atoms with Gasteiger partial charge in [-0.15, -0.1) is 0 Å². The zero-order valence-corrected chi connectivity index (χ0v) is 19.2. The number of anilines is 1. The van der Waals surface area contributed by atoms with Crippen LogP contribution >= 0.6 is 23.2 Å². The van der Waals surface area contributed by atoms with Crippen LogP contribution in [0.4, 0.5) is 19.0 Å². The third kappa shape index (κ3) is 6.74. The summed E-state index contributed by atoms with van der Waals surface area (Å²) in [7, 11) is 0. The second kappa shape index (κ2) is 10.6. The minimum atomic E-state index is -4.44. The molecule has 178 valence electrons. The molecule has 1 amide bonds. The Labute approximate surface area is 199 Å². The van der Waals surface area contributed by atoms with Gasteiger partial charge in [-0.2, -0.15) is 13.2 Å². The number of rotatable bonds is 6. The Hall–Kier alpha value is -2.52. The minimum Gasteiger partial charge on any atom is -0.455 e. The molecule has 6 nitrogen and oxygen atoms in total. The first-order valence-electron chi connectivity index (χ1n) is 10.2. The van der Waals surface area contributed by atoms with E-state index in [1.165, 1.54) is 6.07 Å². The van der Waals surface area contributed by atoms with Gasteiger partial charge in [0.05, 0.1) is 17.5 Å². The van der Waals surface area contributed by atoms with E-state index in [1.54, 1.807) is 25.1 Å². The van der Waals surface area contributed by atoms with Crippen LogP contribution in [0.2, 0.25) is 10.0 Å². The number of halogens is 5. The van der Waals surface area contributed by atoms with Crippen LogP contribution in [-0.4, -0.2) is 36.6 Å². The molecule has 2 aromatic rings. The van der Waals surface area contributed by atoms with E-state index < -0.39 is 42.2 Å². The Kier molecular flexibility index (Phi) is 8.07. The van der Waals surface area contributed by atoms with E-state index >= 15 is 0 Å². The molecule has 33 heavy (non-hydrogen) atoms. The second-order valence-electron chi connectivity index (χ2n) is 7.73. The largest absolute Gasteiger partial charge is 0.455 e. The number of pyridine rings is 1. The molecule has 1 N–H and O–H groups in total. The summed E-state index contributed by atoms with van der Waals surface area (Å²) in [5.41, 5.74) is -0.124. The fourth-order valence-corrected chi connectivity index (χ4v) is 4.13. The molecule has 11 heteroatoms. The van der Waals surface area contributed by atoms with Gasteiger partial charge in [0.15, 0.2) is 6.61 Å². The number of carbonyl (C=O) groups excluding carboxylic acids is 2. The number of hydrogen-bond donors (Lipinski definition) is 1. The quantitative estimate of drug-likeness (QED) is 0.558. The number of carbonyl (C=O) groups is 2. The summed E-state index contributed by atoms with van der Waals surface area (Å²) in [6.07, 6.45) is -2.75. The van der Waals surface area contributed by atoms with Crippen LogP contribution in [0.15, 0.2) is 36.5 Å². The van der Waals surface area contributed by atoms with Crippen molar-refractivity contribution in [1.82, 2.24) is 10.3 Å². The van der Waals surface area contributed by atoms with E-state index in [4.69, 9.17) is 27.9 Å². The minimum absolute atomic E-state index is 0.397. The van der Waals surface area contributed by atoms with Crippen molar-refractivity contribution in [3.63, 3.8) is 0 Å². The second-order valence-corrected chi connectivity index (χ2v) is 8.57. The lowest BCUT2D eigenvalue weighted by Crippen LogP contribution is -2.38. The molecule has 1 aliphatic rings. The molecule has 0 unspecified atom stereocenters. The average molecular weight is 504 g/mol. The fraction of sp³-hybridized carbons (Fsp3) is 0.409. The summed E-state index contributed by atoms with van der Waals surface area (Å²) >= 11 is 12.0. The molecule has 1 aromatic heterocycles. The molecule has 0 aliphatic carbocycles. The summed E-state index contributed by atoms with van der Waals surface area (Å²) in [5.74, 6) is -0.925. The van der Waals surface area contributed by atoms with Crippen molar-refractivity contribution in [3.05, 3.63) is 57.7 Å². The van der Waals surface area contributed by atoms with Crippen molar-refractivity contribution in [1.29, 1.82) is 0 Å². The average Bonchev–Trinajstić information content (AvgIpc) is 2.77. The Bertz CT molecular complexity index is 995. The number of ether oxygens (including phenoxy) is 1. The molecule has 0 spiro atoms. The van der Waals surface area contributed by atoms with Gasteiger partial charge in [-0.25, -0.2) is 4.98 Å². The van der Waals surface area contributed by atoms with Gasteiger partial charge < -0.3 is 15.0 Å². The summed E-state index contributed by atoms with van der Waals surface area (Å²) in [4.78, 5) is 30.2. The van der Waals surface area contributed by atoms with E-state index in [0.29, 0.717) is 47.4 Å². The lowest BCUT2D eigenvalue weighted by Gasteiger charge is -2.31. The number of amides is 1. The summed E-state index contributed by atoms with van der Waals surface area (Å²) in [6, 6.07) is 6.85. The standard InChI is InChI=1S/C22H22Cl2F3N3O3/c1-13(17-4-3-16(23)10-18(17)24)29-20(31)12-33-21(32)14-6-8-30(9-7-14)19-5-2-15(11-28-19)22(25,26)27/h2-5,10-11,13-14H,6-9,12H2,1H3,(H,29,31)/t13-/m0/s1. The van der Waals surface area contributed by atoms with Crippen molar-refractivity contribution >= 4 is 40.9 Å². The van der Waals surface area contributed by atoms with Crippen LogP contribution in [0.5, 0.6) is 0 Å². The van der Waals surface area contributed by atoms with Gasteiger partial charge in [0.25, 0.3) is 5.91 Å².